The molecule has 42 heavy (non-hydrogen) atoms. The molecule has 0 atom stereocenters. The van der Waals surface area contributed by atoms with Crippen LogP contribution in [0.25, 0.3) is 0 Å². The van der Waals surface area contributed by atoms with Gasteiger partial charge < -0.3 is 25.2 Å². The summed E-state index contributed by atoms with van der Waals surface area (Å²) in [6, 6.07) is 29.5. The number of pyridine rings is 1. The Bertz CT molecular complexity index is 1370. The Morgan fingerprint density at radius 2 is 1.31 bits per heavy atom. The lowest BCUT2D eigenvalue weighted by atomic mass is 10.2. The van der Waals surface area contributed by atoms with E-state index in [0.717, 1.165) is 72.3 Å². The van der Waals surface area contributed by atoms with Crippen molar-refractivity contribution in [1.29, 1.82) is 0 Å². The Hall–Kier alpha value is -4.24. The third-order valence-electron chi connectivity index (χ3n) is 7.11. The lowest BCUT2D eigenvalue weighted by Gasteiger charge is -2.22. The fourth-order valence-electron chi connectivity index (χ4n) is 4.79. The van der Waals surface area contributed by atoms with Crippen LogP contribution in [-0.2, 0) is 26.3 Å². The predicted octanol–water partition coefficient (Wildman–Crippen LogP) is 4.56. The summed E-state index contributed by atoms with van der Waals surface area (Å²) in [6.45, 7) is 7.10. The van der Waals surface area contributed by atoms with Crippen molar-refractivity contribution in [2.24, 2.45) is 4.99 Å². The van der Waals surface area contributed by atoms with Gasteiger partial charge in [0.05, 0.1) is 17.9 Å². The van der Waals surface area contributed by atoms with E-state index in [9.17, 15) is 5.11 Å². The number of nitrogens with one attached hydrogen (secondary N) is 2. The molecule has 8 nitrogen and oxygen atoms in total. The molecule has 0 radical (unpaired) electrons. The molecular weight excluding hydrogens is 526 g/mol. The average molecular weight is 566 g/mol. The monoisotopic (exact) mass is 565 g/mol. The average Bonchev–Trinajstić information content (AvgIpc) is 3.02. The Morgan fingerprint density at radius 3 is 1.93 bits per heavy atom. The van der Waals surface area contributed by atoms with Crippen molar-refractivity contribution in [2.75, 3.05) is 39.3 Å². The standard InChI is InChI=1S/C34H39N5O3/c40-32-13-4-1-8-27(32)22-35-16-19-39-20-17-36-23-28-9-2-5-14-33(28)41-25-30-11-7-12-31(38-30)26-42-34-15-6-3-10-29(34)24-37-18-21-39/h1-15,22,36-37,40H,16-21,23-26H2. The molecule has 1 aromatic heterocycles. The Morgan fingerprint density at radius 1 is 0.738 bits per heavy atom. The van der Waals surface area contributed by atoms with E-state index >= 15 is 0 Å². The fourth-order valence-corrected chi connectivity index (χ4v) is 4.79. The van der Waals surface area contributed by atoms with Crippen LogP contribution in [0.4, 0.5) is 0 Å². The van der Waals surface area contributed by atoms with Gasteiger partial charge in [0.25, 0.3) is 0 Å². The van der Waals surface area contributed by atoms with Crippen molar-refractivity contribution in [1.82, 2.24) is 20.5 Å². The van der Waals surface area contributed by atoms with Gasteiger partial charge in [0.2, 0.25) is 0 Å². The van der Waals surface area contributed by atoms with Crippen LogP contribution in [0.1, 0.15) is 28.1 Å². The van der Waals surface area contributed by atoms with Gasteiger partial charge in [0.15, 0.2) is 0 Å². The molecule has 0 fully saturated rings. The number of aliphatic imine (C=N–C) groups is 1. The van der Waals surface area contributed by atoms with E-state index < -0.39 is 0 Å². The quantitative estimate of drug-likeness (QED) is 0.313. The lowest BCUT2D eigenvalue weighted by molar-refractivity contribution is 0.274. The second-order valence-corrected chi connectivity index (χ2v) is 10.2. The Kier molecular flexibility index (Phi) is 10.9. The van der Waals surface area contributed by atoms with Crippen molar-refractivity contribution in [3.8, 4) is 17.2 Å². The molecule has 3 N–H and O–H groups in total. The third kappa shape index (κ3) is 8.88. The highest BCUT2D eigenvalue weighted by Crippen LogP contribution is 2.21. The largest absolute Gasteiger partial charge is 0.507 e. The van der Waals surface area contributed by atoms with Crippen LogP contribution >= 0.6 is 0 Å². The van der Waals surface area contributed by atoms with Gasteiger partial charge in [-0.05, 0) is 36.4 Å². The minimum atomic E-state index is 0.246. The molecule has 2 heterocycles. The number of para-hydroxylation sites is 3. The SMILES string of the molecule is Oc1ccccc1C=NCCN1CCNCc2ccccc2OCc2cccc(n2)COc2ccccc2CNCC1. The highest BCUT2D eigenvalue weighted by Gasteiger charge is 2.09. The number of rotatable bonds is 4. The molecule has 0 saturated carbocycles. The summed E-state index contributed by atoms with van der Waals surface area (Å²) in [5.41, 5.74) is 4.69. The summed E-state index contributed by atoms with van der Waals surface area (Å²) in [6.07, 6.45) is 1.75. The van der Waals surface area contributed by atoms with E-state index in [4.69, 9.17) is 14.5 Å². The summed E-state index contributed by atoms with van der Waals surface area (Å²) in [5, 5.41) is 17.2. The number of hydrogen-bond acceptors (Lipinski definition) is 8. The number of phenols is 1. The molecule has 3 aromatic carbocycles. The van der Waals surface area contributed by atoms with Gasteiger partial charge in [-0.25, -0.2) is 0 Å². The van der Waals surface area contributed by atoms with Crippen LogP contribution in [0.2, 0.25) is 0 Å². The van der Waals surface area contributed by atoms with Crippen LogP contribution in [0, 0.1) is 0 Å². The van der Waals surface area contributed by atoms with Crippen LogP contribution in [-0.4, -0.2) is 60.5 Å². The first-order valence-corrected chi connectivity index (χ1v) is 14.5. The molecule has 0 aliphatic carbocycles. The zero-order valence-electron chi connectivity index (χ0n) is 23.9. The lowest BCUT2D eigenvalue weighted by Crippen LogP contribution is -2.38. The second-order valence-electron chi connectivity index (χ2n) is 10.2. The maximum Gasteiger partial charge on any atom is 0.130 e. The minimum Gasteiger partial charge on any atom is -0.507 e. The molecule has 0 spiro atoms. The molecule has 5 rings (SSSR count). The van der Waals surface area contributed by atoms with Gasteiger partial charge in [-0.15, -0.1) is 0 Å². The smallest absolute Gasteiger partial charge is 0.130 e. The van der Waals surface area contributed by atoms with Crippen molar-refractivity contribution >= 4 is 6.21 Å². The summed E-state index contributed by atoms with van der Waals surface area (Å²) in [4.78, 5) is 11.7. The number of benzene rings is 3. The topological polar surface area (TPSA) is 91.2 Å². The number of nitrogens with zero attached hydrogens (tertiary/aromatic N) is 3. The van der Waals surface area contributed by atoms with Crippen molar-refractivity contribution in [3.63, 3.8) is 0 Å². The minimum absolute atomic E-state index is 0.246. The fraction of sp³-hybridized carbons (Fsp3) is 0.294. The number of phenolic OH excluding ortho intramolecular Hbond substituents is 1. The molecular formula is C34H39N5O3. The van der Waals surface area contributed by atoms with E-state index in [0.29, 0.717) is 32.8 Å². The number of aromatic nitrogens is 1. The number of hydrogen-bond donors (Lipinski definition) is 3. The zero-order chi connectivity index (χ0) is 28.8. The van der Waals surface area contributed by atoms with E-state index in [2.05, 4.69) is 32.7 Å². The molecule has 0 amide bonds. The van der Waals surface area contributed by atoms with Crippen molar-refractivity contribution < 1.29 is 14.6 Å². The second kappa shape index (κ2) is 15.7. The van der Waals surface area contributed by atoms with E-state index in [1.165, 1.54) is 0 Å². The van der Waals surface area contributed by atoms with Gasteiger partial charge in [-0.2, -0.15) is 0 Å². The number of ether oxygens (including phenoxy) is 2. The maximum absolute atomic E-state index is 10.0. The third-order valence-corrected chi connectivity index (χ3v) is 7.11. The molecule has 0 unspecified atom stereocenters. The summed E-state index contributed by atoms with van der Waals surface area (Å²) in [5.74, 6) is 1.96. The maximum atomic E-state index is 10.0. The first-order valence-electron chi connectivity index (χ1n) is 14.5. The van der Waals surface area contributed by atoms with Gasteiger partial charge in [-0.3, -0.25) is 14.9 Å². The van der Waals surface area contributed by atoms with Crippen molar-refractivity contribution in [3.05, 3.63) is 119 Å². The van der Waals surface area contributed by atoms with Crippen LogP contribution < -0.4 is 20.1 Å². The van der Waals surface area contributed by atoms with E-state index in [1.807, 2.05) is 72.8 Å². The molecule has 4 aromatic rings. The van der Waals surface area contributed by atoms with E-state index in [-0.39, 0.29) is 5.75 Å². The Balaban J connectivity index is 1.26. The van der Waals surface area contributed by atoms with Gasteiger partial charge >= 0.3 is 0 Å². The predicted molar refractivity (Wildman–Crippen MR) is 166 cm³/mol. The highest BCUT2D eigenvalue weighted by atomic mass is 16.5. The van der Waals surface area contributed by atoms with Crippen molar-refractivity contribution in [2.45, 2.75) is 26.3 Å². The van der Waals surface area contributed by atoms with Gasteiger partial charge in [-0.1, -0.05) is 54.6 Å². The zero-order valence-corrected chi connectivity index (χ0v) is 23.9. The summed E-state index contributed by atoms with van der Waals surface area (Å²) < 4.78 is 12.4. The first kappa shape index (κ1) is 29.3. The van der Waals surface area contributed by atoms with Gasteiger partial charge in [0.1, 0.15) is 30.5 Å². The Labute approximate surface area is 248 Å². The number of fused-ring (bicyclic) bond motifs is 4. The molecule has 218 valence electrons. The normalized spacial score (nSPS) is 15.6. The first-order chi connectivity index (χ1) is 20.7. The van der Waals surface area contributed by atoms with Gasteiger partial charge in [0, 0.05) is 68.7 Å². The van der Waals surface area contributed by atoms with Crippen LogP contribution in [0.5, 0.6) is 17.2 Å². The molecule has 2 bridgehead atoms. The number of aromatic hydroxyl groups is 1. The molecule has 8 heteroatoms. The summed E-state index contributed by atoms with van der Waals surface area (Å²) >= 11 is 0. The molecule has 1 aliphatic heterocycles. The molecule has 1 aliphatic rings. The highest BCUT2D eigenvalue weighted by molar-refractivity contribution is 5.83. The molecule has 0 saturated heterocycles. The van der Waals surface area contributed by atoms with Crippen LogP contribution in [0.3, 0.4) is 0 Å². The summed E-state index contributed by atoms with van der Waals surface area (Å²) in [7, 11) is 0. The van der Waals surface area contributed by atoms with Crippen LogP contribution in [0.15, 0.2) is 96.0 Å². The van der Waals surface area contributed by atoms with E-state index in [1.54, 1.807) is 12.3 Å².